The summed E-state index contributed by atoms with van der Waals surface area (Å²) < 4.78 is 31.5. The molecule has 0 aromatic rings. The summed E-state index contributed by atoms with van der Waals surface area (Å²) >= 11 is 0. The van der Waals surface area contributed by atoms with E-state index >= 15 is 0 Å². The molecule has 0 aliphatic rings. The molecule has 7 heavy (non-hydrogen) atoms. The largest absolute Gasteiger partial charge is 0.511 e. The molecule has 0 fully saturated rings. The summed E-state index contributed by atoms with van der Waals surface area (Å²) in [7, 11) is -5.15. The number of rotatable bonds is 2. The van der Waals surface area contributed by atoms with Gasteiger partial charge in [0.1, 0.15) is 0 Å². The predicted molar refractivity (Wildman–Crippen MR) is 16.9 cm³/mol. The van der Waals surface area contributed by atoms with Crippen molar-refractivity contribution < 1.29 is 16.6 Å². The van der Waals surface area contributed by atoms with Crippen LogP contribution in [0.5, 0.6) is 0 Å². The quantitative estimate of drug-likeness (QED) is 0.296. The Kier molecular flexibility index (Phi) is 1.64. The molecule has 0 spiro atoms. The number of halogens is 1. The van der Waals surface area contributed by atoms with E-state index in [1.165, 1.54) is 5.34 Å². The van der Waals surface area contributed by atoms with Gasteiger partial charge in [0, 0.05) is 0 Å². The van der Waals surface area contributed by atoms with E-state index in [9.17, 15) is 3.89 Å². The zero-order chi connectivity index (χ0) is 5.91. The molecule has 0 heterocycles. The SMILES string of the molecule is O=NOS(=O)(=O)F. The van der Waals surface area contributed by atoms with Crippen molar-refractivity contribution in [3.63, 3.8) is 0 Å². The first-order valence-electron chi connectivity index (χ1n) is 1.02. The van der Waals surface area contributed by atoms with E-state index < -0.39 is 10.5 Å². The smallest absolute Gasteiger partial charge is 0.206 e. The molecular weight excluding hydrogens is 129 g/mol. The highest BCUT2D eigenvalue weighted by Gasteiger charge is 2.05. The van der Waals surface area contributed by atoms with E-state index in [0.29, 0.717) is 0 Å². The maximum atomic E-state index is 10.8. The van der Waals surface area contributed by atoms with Gasteiger partial charge in [-0.3, -0.25) is 0 Å². The molecule has 0 aromatic carbocycles. The van der Waals surface area contributed by atoms with Gasteiger partial charge in [-0.15, -0.1) is 4.91 Å². The van der Waals surface area contributed by atoms with Crippen LogP contribution in [0.15, 0.2) is 5.34 Å². The fraction of sp³-hybridized carbons (Fsp3) is 0. The Hall–Kier alpha value is -0.720. The average molecular weight is 129 g/mol. The Balaban J connectivity index is 3.84. The first kappa shape index (κ1) is 6.28. The lowest BCUT2D eigenvalue weighted by Crippen LogP contribution is -1.88. The van der Waals surface area contributed by atoms with Gasteiger partial charge in [-0.05, 0) is 0 Å². The highest BCUT2D eigenvalue weighted by atomic mass is 32.3. The minimum Gasteiger partial charge on any atom is -0.206 e. The van der Waals surface area contributed by atoms with E-state index in [4.69, 9.17) is 13.3 Å². The van der Waals surface area contributed by atoms with Crippen molar-refractivity contribution in [1.82, 2.24) is 0 Å². The van der Waals surface area contributed by atoms with Crippen molar-refractivity contribution in [3.05, 3.63) is 4.91 Å². The summed E-state index contributed by atoms with van der Waals surface area (Å²) in [5, 5.41) is 1.29. The molecule has 0 N–H and O–H groups in total. The zero-order valence-electron chi connectivity index (χ0n) is 2.87. The third kappa shape index (κ3) is 5.28. The molecule has 0 amide bonds. The summed E-state index contributed by atoms with van der Waals surface area (Å²) in [5.74, 6) is 0. The molecule has 0 aromatic heterocycles. The van der Waals surface area contributed by atoms with Crippen LogP contribution in [0.25, 0.3) is 0 Å². The minimum atomic E-state index is -5.15. The number of hydrogen-bond donors (Lipinski definition) is 0. The standard InChI is InChI=1S/FNO4S/c1-7(4,5)6-2-3. The van der Waals surface area contributed by atoms with Crippen LogP contribution >= 0.6 is 0 Å². The van der Waals surface area contributed by atoms with Crippen molar-refractivity contribution in [1.29, 1.82) is 0 Å². The van der Waals surface area contributed by atoms with Crippen molar-refractivity contribution in [2.75, 3.05) is 0 Å². The highest BCUT2D eigenvalue weighted by molar-refractivity contribution is 7.81. The molecule has 0 aliphatic carbocycles. The molecule has 0 rings (SSSR count). The summed E-state index contributed by atoms with van der Waals surface area (Å²) in [4.78, 5) is 8.73. The van der Waals surface area contributed by atoms with Gasteiger partial charge < -0.3 is 0 Å². The van der Waals surface area contributed by atoms with Gasteiger partial charge in [-0.1, -0.05) is 3.89 Å². The van der Waals surface area contributed by atoms with Gasteiger partial charge >= 0.3 is 10.5 Å². The lowest BCUT2D eigenvalue weighted by molar-refractivity contribution is 0.306. The molecule has 0 saturated heterocycles. The Morgan fingerprint density at radius 1 is 1.57 bits per heavy atom. The lowest BCUT2D eigenvalue weighted by Gasteiger charge is -1.76. The van der Waals surface area contributed by atoms with Crippen molar-refractivity contribution in [3.8, 4) is 0 Å². The Labute approximate surface area is 38.4 Å². The first-order valence-corrected chi connectivity index (χ1v) is 2.33. The summed E-state index contributed by atoms with van der Waals surface area (Å²) in [6.45, 7) is 0. The van der Waals surface area contributed by atoms with Gasteiger partial charge in [-0.25, -0.2) is 4.28 Å². The normalized spacial score (nSPS) is 10.4. The van der Waals surface area contributed by atoms with Crippen LogP contribution in [-0.2, 0) is 14.8 Å². The fourth-order valence-corrected chi connectivity index (χ4v) is 0.109. The van der Waals surface area contributed by atoms with Crippen LogP contribution < -0.4 is 0 Å². The Bertz CT molecular complexity index is 145. The third-order valence-corrected chi connectivity index (χ3v) is 0.358. The molecule has 0 atom stereocenters. The van der Waals surface area contributed by atoms with Crippen molar-refractivity contribution in [2.45, 2.75) is 0 Å². The van der Waals surface area contributed by atoms with Crippen molar-refractivity contribution in [2.24, 2.45) is 5.34 Å². The Morgan fingerprint density at radius 2 is 2.00 bits per heavy atom. The summed E-state index contributed by atoms with van der Waals surface area (Å²) in [6.07, 6.45) is 0. The van der Waals surface area contributed by atoms with Gasteiger partial charge in [0.15, 0.2) is 5.34 Å². The summed E-state index contributed by atoms with van der Waals surface area (Å²) in [5.41, 5.74) is 0. The molecule has 0 unspecified atom stereocenters. The van der Waals surface area contributed by atoms with Crippen LogP contribution in [-0.4, -0.2) is 8.42 Å². The minimum absolute atomic E-state index is 1.29. The van der Waals surface area contributed by atoms with Crippen LogP contribution in [0.2, 0.25) is 0 Å². The average Bonchev–Trinajstić information content (AvgIpc) is 1.30. The molecule has 0 bridgehead atoms. The van der Waals surface area contributed by atoms with Crippen LogP contribution in [0.3, 0.4) is 0 Å². The second-order valence-electron chi connectivity index (χ2n) is 0.542. The molecule has 7 heteroatoms. The van der Waals surface area contributed by atoms with Crippen LogP contribution in [0, 0.1) is 4.91 Å². The Morgan fingerprint density at radius 3 is 2.00 bits per heavy atom. The third-order valence-electron chi connectivity index (χ3n) is 0.119. The topological polar surface area (TPSA) is 72.8 Å². The van der Waals surface area contributed by atoms with Crippen molar-refractivity contribution >= 4 is 10.5 Å². The number of hydrogen-bond acceptors (Lipinski definition) is 5. The fourth-order valence-electron chi connectivity index (χ4n) is 0.0363. The summed E-state index contributed by atoms with van der Waals surface area (Å²) in [6, 6.07) is 0. The molecule has 5 nitrogen and oxygen atoms in total. The first-order chi connectivity index (χ1) is 3.06. The molecule has 0 radical (unpaired) electrons. The second kappa shape index (κ2) is 1.82. The molecule has 42 valence electrons. The predicted octanol–water partition coefficient (Wildman–Crippen LogP) is -0.101. The van der Waals surface area contributed by atoms with E-state index in [1.54, 1.807) is 0 Å². The highest BCUT2D eigenvalue weighted by Crippen LogP contribution is 1.90. The monoisotopic (exact) mass is 129 g/mol. The van der Waals surface area contributed by atoms with Gasteiger partial charge in [-0.2, -0.15) is 8.42 Å². The molecule has 0 aliphatic heterocycles. The van der Waals surface area contributed by atoms with Crippen LogP contribution in [0.4, 0.5) is 3.89 Å². The maximum Gasteiger partial charge on any atom is 0.511 e. The zero-order valence-corrected chi connectivity index (χ0v) is 3.68. The van der Waals surface area contributed by atoms with E-state index in [0.717, 1.165) is 0 Å². The van der Waals surface area contributed by atoms with E-state index in [2.05, 4.69) is 4.28 Å². The number of nitrogens with zero attached hydrogens (tertiary/aromatic N) is 1. The van der Waals surface area contributed by atoms with E-state index in [1.807, 2.05) is 0 Å². The van der Waals surface area contributed by atoms with E-state index in [-0.39, 0.29) is 0 Å². The van der Waals surface area contributed by atoms with Crippen LogP contribution in [0.1, 0.15) is 0 Å². The molecule has 0 saturated carbocycles. The van der Waals surface area contributed by atoms with Gasteiger partial charge in [0.05, 0.1) is 0 Å². The molecular formula is FNO4S. The maximum absolute atomic E-state index is 10.8. The van der Waals surface area contributed by atoms with Gasteiger partial charge in [0.2, 0.25) is 0 Å². The second-order valence-corrected chi connectivity index (χ2v) is 1.48. The van der Waals surface area contributed by atoms with Gasteiger partial charge in [0.25, 0.3) is 0 Å². The lowest BCUT2D eigenvalue weighted by atomic mass is 13.4.